The van der Waals surface area contributed by atoms with Gasteiger partial charge in [-0.25, -0.2) is 0 Å². The first-order chi connectivity index (χ1) is 61.7. The summed E-state index contributed by atoms with van der Waals surface area (Å²) in [6.45, 7) is 4.44. The molecule has 6 aromatic carbocycles. The average Bonchev–Trinajstić information content (AvgIpc) is 1.76. The maximum atomic E-state index is 15.7. The number of nitrogens with zero attached hydrogens (tertiary/aromatic N) is 5. The van der Waals surface area contributed by atoms with Crippen molar-refractivity contribution in [3.8, 4) is 11.5 Å². The van der Waals surface area contributed by atoms with Crippen LogP contribution in [0, 0.1) is 5.92 Å². The topological polar surface area (TPSA) is 489 Å². The number of unbranched alkanes of at least 4 members (excludes halogenated alkanes) is 1. The van der Waals surface area contributed by atoms with E-state index in [-0.39, 0.29) is 100 Å². The predicted molar refractivity (Wildman–Crippen MR) is 480 cm³/mol. The van der Waals surface area contributed by atoms with Crippen LogP contribution in [-0.4, -0.2) is 273 Å². The average molecular weight is 1790 g/mol. The summed E-state index contributed by atoms with van der Waals surface area (Å²) >= 11 is 0.839. The number of nitrogens with one attached hydrogen (secondary N) is 10. The van der Waals surface area contributed by atoms with Gasteiger partial charge >= 0.3 is 0 Å². The number of carbonyl (C=O) groups is 16. The molecule has 2 aliphatic rings. The SMILES string of the molecule is CCCC[C@H]1C(=O)N(C)CC(=O)N[C@@H](COC=O)C(=O)N[C@@H](C)C(=O)N(C)[C@@H](Cc2ccccc2)C(=O)N[C@@H](Cc2ccc(O)cc2)C(=O)N2CCC[C@@H]2C(=O)N[C@@H](Cc2c[nH]c3ccccc23)C(=O)N[C@@H](Cc2ccc(O)cc2)C(=O)N[C@@H](CC(C)C)C(=O)N[C@H](C(=O)NCC(N)=O)CSCC(=O)N[C@@H](Cc2ccccc2)C(=O)N(C)[C@@H](Cc2ccccc2)C(=O)N1C. The molecule has 0 bridgehead atoms. The molecule has 0 radical (unpaired) electrons. The van der Waals surface area contributed by atoms with Gasteiger partial charge < -0.3 is 98.0 Å². The molecule has 3 heterocycles. The quantitative estimate of drug-likeness (QED) is 0.0407. The van der Waals surface area contributed by atoms with Crippen LogP contribution in [0.1, 0.15) is 99.6 Å². The largest absolute Gasteiger partial charge is 0.508 e. The van der Waals surface area contributed by atoms with Crippen molar-refractivity contribution in [2.24, 2.45) is 11.7 Å². The van der Waals surface area contributed by atoms with E-state index in [1.807, 2.05) is 6.92 Å². The van der Waals surface area contributed by atoms with Crippen LogP contribution in [-0.2, 0) is 120 Å². The van der Waals surface area contributed by atoms with E-state index in [1.165, 1.54) is 98.3 Å². The van der Waals surface area contributed by atoms with E-state index < -0.39 is 187 Å². The Hall–Kier alpha value is -13.7. The lowest BCUT2D eigenvalue weighted by molar-refractivity contribution is -0.151. The number of carbonyl (C=O) groups excluding carboxylic acids is 16. The molecule has 7 aromatic rings. The molecule has 14 N–H and O–H groups in total. The fourth-order valence-corrected chi connectivity index (χ4v) is 16.4. The van der Waals surface area contributed by atoms with Gasteiger partial charge in [-0.05, 0) is 102 Å². The zero-order valence-corrected chi connectivity index (χ0v) is 74.3. The zero-order chi connectivity index (χ0) is 93.5. The summed E-state index contributed by atoms with van der Waals surface area (Å²) in [6, 6.07) is 26.8. The van der Waals surface area contributed by atoms with Gasteiger partial charge in [-0.1, -0.05) is 167 Å². The molecule has 9 rings (SSSR count). The normalized spacial score (nSPS) is 22.8. The Kier molecular flexibility index (Phi) is 37.1. The standard InChI is InChI=1S/C93H116N16O19S/c1-9-10-31-76-92(126)105(5)51-80(114)99-73(52-128-55-110)86(120)97-57(4)89(123)107(7)77(46-59-25-16-12-17-26-59)88(122)103-72(45-62-35-39-65(112)40-36-62)91(125)109-41-22-32-75(109)87(121)102-70(48-63-49-95-67-30-21-20-29-66(63)67)85(119)101-69(43-61-33-37-64(111)38-34-61)84(118)100-68(42-56(2)3)83(117)104-74(82(116)96-50-79(94)113)53-129-54-81(115)98-71(44-58-23-14-11-15-24-58)90(124)108(8)78(93(127)106(76)6)47-60-27-18-13-19-28-60/h11-21,23-30,33-40,49,55-57,68-78,95,111-112H,9-10,22,31-32,41-48,50-54H2,1-8H3,(H2,94,113)(H,96,116)(H,97,120)(H,98,115)(H,99,114)(H,100,118)(H,101,119)(H,102,121)(H,103,122)(H,104,117)/t57-,68-,69-,70-,71-,72-,73-,74-,75+,76-,77-,78-/m0/s1. The van der Waals surface area contributed by atoms with Gasteiger partial charge in [-0.3, -0.25) is 76.7 Å². The number of phenolic OH excluding ortho intramolecular Hbond substituents is 2. The Labute approximate surface area is 752 Å². The van der Waals surface area contributed by atoms with Crippen LogP contribution in [0.2, 0.25) is 0 Å². The Bertz CT molecular complexity index is 5070. The highest BCUT2D eigenvalue weighted by molar-refractivity contribution is 8.00. The molecule has 0 saturated carbocycles. The third-order valence-corrected chi connectivity index (χ3v) is 23.6. The summed E-state index contributed by atoms with van der Waals surface area (Å²) in [4.78, 5) is 244. The number of phenols is 2. The number of H-pyrrole nitrogens is 1. The molecule has 15 amide bonds. The van der Waals surface area contributed by atoms with Crippen molar-refractivity contribution in [2.75, 3.05) is 65.9 Å². The van der Waals surface area contributed by atoms with Crippen molar-refractivity contribution in [1.29, 1.82) is 0 Å². The second-order valence-electron chi connectivity index (χ2n) is 32.8. The van der Waals surface area contributed by atoms with Crippen LogP contribution in [0.4, 0.5) is 0 Å². The first-order valence-electron chi connectivity index (χ1n) is 42.9. The minimum atomic E-state index is -1.72. The van der Waals surface area contributed by atoms with Crippen molar-refractivity contribution in [1.82, 2.24) is 77.3 Å². The number of hydrogen-bond donors (Lipinski definition) is 13. The molecule has 2 aliphatic heterocycles. The molecule has 0 spiro atoms. The number of para-hydroxylation sites is 1. The van der Waals surface area contributed by atoms with E-state index in [0.29, 0.717) is 57.1 Å². The lowest BCUT2D eigenvalue weighted by atomic mass is 9.99. The van der Waals surface area contributed by atoms with Crippen molar-refractivity contribution >= 4 is 118 Å². The van der Waals surface area contributed by atoms with Gasteiger partial charge in [0, 0.05) is 96.1 Å². The zero-order valence-electron chi connectivity index (χ0n) is 73.5. The van der Waals surface area contributed by atoms with E-state index in [2.05, 4.69) is 52.8 Å². The fourth-order valence-electron chi connectivity index (χ4n) is 15.5. The van der Waals surface area contributed by atoms with Gasteiger partial charge in [0.1, 0.15) is 90.6 Å². The molecular weight excluding hydrogens is 1680 g/mol. The number of benzene rings is 6. The minimum Gasteiger partial charge on any atom is -0.508 e. The number of thioether (sulfide) groups is 1. The summed E-state index contributed by atoms with van der Waals surface area (Å²) in [5, 5.41) is 45.8. The van der Waals surface area contributed by atoms with Crippen molar-refractivity contribution in [2.45, 2.75) is 177 Å². The maximum absolute atomic E-state index is 15.7. The predicted octanol–water partition coefficient (Wildman–Crippen LogP) is 1.92. The molecular formula is C93H116N16O19S. The molecule has 35 nitrogen and oxygen atoms in total. The van der Waals surface area contributed by atoms with Crippen LogP contribution in [0.15, 0.2) is 170 Å². The van der Waals surface area contributed by atoms with Crippen LogP contribution in [0.25, 0.3) is 10.9 Å². The third kappa shape index (κ3) is 28.9. The first-order valence-corrected chi connectivity index (χ1v) is 44.0. The second-order valence-corrected chi connectivity index (χ2v) is 33.9. The Morgan fingerprint density at radius 2 is 1.01 bits per heavy atom. The number of likely N-dealkylation sites (N-methyl/N-ethyl adjacent to an activating group) is 4. The smallest absolute Gasteiger partial charge is 0.293 e. The van der Waals surface area contributed by atoms with Crippen LogP contribution in [0.3, 0.4) is 0 Å². The van der Waals surface area contributed by atoms with Crippen LogP contribution < -0.4 is 53.6 Å². The summed E-state index contributed by atoms with van der Waals surface area (Å²) in [5.41, 5.74) is 9.26. The molecule has 12 atom stereocenters. The molecule has 1 aromatic heterocycles. The van der Waals surface area contributed by atoms with E-state index in [1.54, 1.807) is 135 Å². The molecule has 36 heteroatoms. The van der Waals surface area contributed by atoms with E-state index >= 15 is 38.4 Å². The Morgan fingerprint density at radius 3 is 1.59 bits per heavy atom. The number of primary amides is 1. The van der Waals surface area contributed by atoms with Gasteiger partial charge in [-0.15, -0.1) is 11.8 Å². The number of nitrogens with two attached hydrogens (primary N) is 1. The monoisotopic (exact) mass is 1790 g/mol. The Balaban J connectivity index is 1.11. The molecule has 0 unspecified atom stereocenters. The first kappa shape index (κ1) is 99.1. The highest BCUT2D eigenvalue weighted by Gasteiger charge is 2.44. The van der Waals surface area contributed by atoms with Crippen molar-refractivity contribution in [3.63, 3.8) is 0 Å². The van der Waals surface area contributed by atoms with Crippen molar-refractivity contribution in [3.05, 3.63) is 203 Å². The lowest BCUT2D eigenvalue weighted by Gasteiger charge is -2.37. The second kappa shape index (κ2) is 48.3. The fraction of sp³-hybridized carbons (Fsp3) is 0.419. The summed E-state index contributed by atoms with van der Waals surface area (Å²) in [7, 11) is 5.35. The van der Waals surface area contributed by atoms with Gasteiger partial charge in [-0.2, -0.15) is 0 Å². The van der Waals surface area contributed by atoms with E-state index in [9.17, 15) is 48.6 Å². The molecule has 2 fully saturated rings. The number of ether oxygens (including phenoxy) is 1. The van der Waals surface area contributed by atoms with Crippen LogP contribution in [0.5, 0.6) is 11.5 Å². The van der Waals surface area contributed by atoms with Gasteiger partial charge in [0.25, 0.3) is 6.47 Å². The lowest BCUT2D eigenvalue weighted by Crippen LogP contribution is -2.61. The third-order valence-electron chi connectivity index (χ3n) is 22.6. The highest BCUT2D eigenvalue weighted by Crippen LogP contribution is 2.26. The molecule has 129 heavy (non-hydrogen) atoms. The van der Waals surface area contributed by atoms with Gasteiger partial charge in [0.05, 0.1) is 18.8 Å². The highest BCUT2D eigenvalue weighted by atomic mass is 32.2. The summed E-state index contributed by atoms with van der Waals surface area (Å²) in [6.07, 6.45) is 1.65. The van der Waals surface area contributed by atoms with Gasteiger partial charge in [0.2, 0.25) is 88.6 Å². The minimum absolute atomic E-state index is 0.0227. The molecule has 2 saturated heterocycles. The van der Waals surface area contributed by atoms with E-state index in [4.69, 9.17) is 10.5 Å². The number of amides is 15. The molecule has 688 valence electrons. The van der Waals surface area contributed by atoms with Gasteiger partial charge in [0.15, 0.2) is 0 Å². The molecule has 0 aliphatic carbocycles. The number of hydrogen-bond acceptors (Lipinski definition) is 20. The van der Waals surface area contributed by atoms with Crippen molar-refractivity contribution < 1.29 is 91.7 Å². The number of rotatable bonds is 23. The number of aromatic nitrogens is 1. The Morgan fingerprint density at radius 1 is 0.519 bits per heavy atom. The number of fused-ring (bicyclic) bond motifs is 2. The number of aromatic amines is 1. The van der Waals surface area contributed by atoms with Crippen LogP contribution >= 0.6 is 11.8 Å². The summed E-state index contributed by atoms with van der Waals surface area (Å²) < 4.78 is 5.01. The van der Waals surface area contributed by atoms with E-state index in [0.717, 1.165) is 21.6 Å². The maximum Gasteiger partial charge on any atom is 0.293 e. The summed E-state index contributed by atoms with van der Waals surface area (Å²) in [5.74, 6) is -14.4. The number of aromatic hydroxyl groups is 2.